The number of para-hydroxylation sites is 1. The van der Waals surface area contributed by atoms with Crippen LogP contribution in [0.25, 0.3) is 6.08 Å². The molecule has 0 aliphatic heterocycles. The minimum Gasteiger partial charge on any atom is -0.496 e. The number of hydrogen-bond donors (Lipinski definition) is 0. The molecule has 0 bridgehead atoms. The summed E-state index contributed by atoms with van der Waals surface area (Å²) < 4.78 is 5.24. The quantitative estimate of drug-likeness (QED) is 0.587. The van der Waals surface area contributed by atoms with Crippen molar-refractivity contribution in [3.8, 4) is 5.75 Å². The second kappa shape index (κ2) is 7.14. The van der Waals surface area contributed by atoms with Crippen molar-refractivity contribution in [1.82, 2.24) is 0 Å². The number of benzene rings is 2. The molecular formula is C17H17NO2. The summed E-state index contributed by atoms with van der Waals surface area (Å²) in [6, 6.07) is 15.6. The van der Waals surface area contributed by atoms with Crippen LogP contribution in [0.2, 0.25) is 0 Å². The standard InChI is InChI=1S/C17H17NO2/c1-3-14-8-4-5-10-16(14)13-20-18-12-15-9-6-7-11-17(15)19-2/h3-12H,1,13H2,2H3. The highest BCUT2D eigenvalue weighted by molar-refractivity contribution is 5.82. The minimum atomic E-state index is 0.411. The van der Waals surface area contributed by atoms with E-state index in [2.05, 4.69) is 11.7 Å². The molecule has 2 aromatic carbocycles. The van der Waals surface area contributed by atoms with Gasteiger partial charge in [-0.3, -0.25) is 0 Å². The van der Waals surface area contributed by atoms with E-state index in [4.69, 9.17) is 9.57 Å². The molecule has 20 heavy (non-hydrogen) atoms. The van der Waals surface area contributed by atoms with Crippen molar-refractivity contribution in [2.45, 2.75) is 6.61 Å². The Hall–Kier alpha value is -2.55. The van der Waals surface area contributed by atoms with Gasteiger partial charge in [0.1, 0.15) is 12.4 Å². The monoisotopic (exact) mass is 267 g/mol. The van der Waals surface area contributed by atoms with Crippen LogP contribution < -0.4 is 4.74 Å². The zero-order valence-electron chi connectivity index (χ0n) is 11.5. The van der Waals surface area contributed by atoms with Crippen LogP contribution in [0, 0.1) is 0 Å². The van der Waals surface area contributed by atoms with Crippen molar-refractivity contribution in [3.05, 3.63) is 71.8 Å². The zero-order valence-corrected chi connectivity index (χ0v) is 11.5. The molecule has 0 N–H and O–H groups in total. The average molecular weight is 267 g/mol. The Balaban J connectivity index is 1.99. The lowest BCUT2D eigenvalue weighted by molar-refractivity contribution is 0.132. The van der Waals surface area contributed by atoms with Gasteiger partial charge in [0.2, 0.25) is 0 Å². The molecule has 0 unspecified atom stereocenters. The van der Waals surface area contributed by atoms with Crippen LogP contribution in [0.5, 0.6) is 5.75 Å². The van der Waals surface area contributed by atoms with Crippen molar-refractivity contribution in [3.63, 3.8) is 0 Å². The van der Waals surface area contributed by atoms with Gasteiger partial charge in [0, 0.05) is 5.56 Å². The van der Waals surface area contributed by atoms with E-state index >= 15 is 0 Å². The summed E-state index contributed by atoms with van der Waals surface area (Å²) in [4.78, 5) is 5.33. The van der Waals surface area contributed by atoms with Gasteiger partial charge in [-0.1, -0.05) is 54.2 Å². The lowest BCUT2D eigenvalue weighted by Gasteiger charge is -2.05. The number of hydrogen-bond acceptors (Lipinski definition) is 3. The summed E-state index contributed by atoms with van der Waals surface area (Å²) in [6.45, 7) is 4.19. The molecule has 102 valence electrons. The van der Waals surface area contributed by atoms with Gasteiger partial charge in [0.05, 0.1) is 13.3 Å². The molecule has 0 atom stereocenters. The summed E-state index contributed by atoms with van der Waals surface area (Å²) in [5, 5.41) is 3.98. The summed E-state index contributed by atoms with van der Waals surface area (Å²) in [6.07, 6.45) is 3.46. The lowest BCUT2D eigenvalue weighted by Crippen LogP contribution is -1.93. The van der Waals surface area contributed by atoms with Gasteiger partial charge in [-0.2, -0.15) is 0 Å². The van der Waals surface area contributed by atoms with Gasteiger partial charge in [-0.05, 0) is 23.3 Å². The molecule has 0 fully saturated rings. The Bertz CT molecular complexity index is 605. The molecule has 3 heteroatoms. The van der Waals surface area contributed by atoms with E-state index in [9.17, 15) is 0 Å². The first-order valence-corrected chi connectivity index (χ1v) is 6.34. The maximum Gasteiger partial charge on any atom is 0.142 e. The van der Waals surface area contributed by atoms with Gasteiger partial charge in [-0.15, -0.1) is 0 Å². The molecule has 3 nitrogen and oxygen atoms in total. The van der Waals surface area contributed by atoms with Crippen molar-refractivity contribution >= 4 is 12.3 Å². The first kappa shape index (κ1) is 13.9. The Labute approximate surface area is 119 Å². The minimum absolute atomic E-state index is 0.411. The number of rotatable bonds is 6. The third kappa shape index (κ3) is 3.48. The van der Waals surface area contributed by atoms with Gasteiger partial charge >= 0.3 is 0 Å². The topological polar surface area (TPSA) is 30.8 Å². The highest BCUT2D eigenvalue weighted by atomic mass is 16.6. The Morgan fingerprint density at radius 3 is 2.50 bits per heavy atom. The number of methoxy groups -OCH3 is 1. The van der Waals surface area contributed by atoms with Crippen LogP contribution in [-0.4, -0.2) is 13.3 Å². The normalized spacial score (nSPS) is 10.4. The van der Waals surface area contributed by atoms with Crippen LogP contribution in [0.1, 0.15) is 16.7 Å². The van der Waals surface area contributed by atoms with Gasteiger partial charge in [0.15, 0.2) is 0 Å². The second-order valence-corrected chi connectivity index (χ2v) is 4.15. The van der Waals surface area contributed by atoms with Crippen LogP contribution in [0.3, 0.4) is 0 Å². The largest absolute Gasteiger partial charge is 0.496 e. The molecule has 0 saturated heterocycles. The molecule has 0 aliphatic rings. The van der Waals surface area contributed by atoms with Gasteiger partial charge < -0.3 is 9.57 Å². The number of oxime groups is 1. The first-order chi connectivity index (χ1) is 9.85. The summed E-state index contributed by atoms with van der Waals surface area (Å²) in [5.41, 5.74) is 2.99. The second-order valence-electron chi connectivity index (χ2n) is 4.15. The van der Waals surface area contributed by atoms with E-state index in [1.54, 1.807) is 13.3 Å². The van der Waals surface area contributed by atoms with Crippen molar-refractivity contribution in [2.24, 2.45) is 5.16 Å². The highest BCUT2D eigenvalue weighted by Crippen LogP contribution is 2.15. The fraction of sp³-hybridized carbons (Fsp3) is 0.118. The molecule has 0 heterocycles. The molecule has 0 radical (unpaired) electrons. The summed E-state index contributed by atoms with van der Waals surface area (Å²) in [7, 11) is 1.63. The molecule has 2 rings (SSSR count). The van der Waals surface area contributed by atoms with Gasteiger partial charge in [-0.25, -0.2) is 0 Å². The first-order valence-electron chi connectivity index (χ1n) is 6.34. The van der Waals surface area contributed by atoms with Crippen LogP contribution in [0.4, 0.5) is 0 Å². The fourth-order valence-corrected chi connectivity index (χ4v) is 1.84. The maximum absolute atomic E-state index is 5.33. The maximum atomic E-state index is 5.33. The molecule has 0 aromatic heterocycles. The third-order valence-corrected chi connectivity index (χ3v) is 2.90. The predicted molar refractivity (Wildman–Crippen MR) is 81.9 cm³/mol. The van der Waals surface area contributed by atoms with E-state index < -0.39 is 0 Å². The molecule has 0 aliphatic carbocycles. The third-order valence-electron chi connectivity index (χ3n) is 2.90. The molecule has 0 amide bonds. The van der Waals surface area contributed by atoms with Crippen LogP contribution in [-0.2, 0) is 11.4 Å². The Morgan fingerprint density at radius 2 is 1.75 bits per heavy atom. The molecule has 0 saturated carbocycles. The predicted octanol–water partition coefficient (Wildman–Crippen LogP) is 3.89. The molecular weight excluding hydrogens is 250 g/mol. The van der Waals surface area contributed by atoms with Crippen molar-refractivity contribution in [1.29, 1.82) is 0 Å². The lowest BCUT2D eigenvalue weighted by atomic mass is 10.1. The van der Waals surface area contributed by atoms with Crippen molar-refractivity contribution in [2.75, 3.05) is 7.11 Å². The molecule has 2 aromatic rings. The van der Waals surface area contributed by atoms with Crippen LogP contribution in [0.15, 0.2) is 60.3 Å². The Morgan fingerprint density at radius 1 is 1.05 bits per heavy atom. The van der Waals surface area contributed by atoms with E-state index in [1.165, 1.54) is 0 Å². The van der Waals surface area contributed by atoms with E-state index in [0.29, 0.717) is 6.61 Å². The smallest absolute Gasteiger partial charge is 0.142 e. The summed E-state index contributed by atoms with van der Waals surface area (Å²) in [5.74, 6) is 0.770. The van der Waals surface area contributed by atoms with E-state index in [0.717, 1.165) is 22.4 Å². The number of ether oxygens (including phenoxy) is 1. The van der Waals surface area contributed by atoms with E-state index in [-0.39, 0.29) is 0 Å². The Kier molecular flexibility index (Phi) is 4.95. The SMILES string of the molecule is C=Cc1ccccc1CON=Cc1ccccc1OC. The van der Waals surface area contributed by atoms with Gasteiger partial charge in [0.25, 0.3) is 0 Å². The highest BCUT2D eigenvalue weighted by Gasteiger charge is 1.99. The summed E-state index contributed by atoms with van der Waals surface area (Å²) >= 11 is 0. The van der Waals surface area contributed by atoms with E-state index in [1.807, 2.05) is 54.6 Å². The average Bonchev–Trinajstić information content (AvgIpc) is 2.52. The van der Waals surface area contributed by atoms with Crippen LogP contribution >= 0.6 is 0 Å². The fourth-order valence-electron chi connectivity index (χ4n) is 1.84. The molecule has 0 spiro atoms. The number of nitrogens with zero attached hydrogens (tertiary/aromatic N) is 1. The zero-order chi connectivity index (χ0) is 14.2. The van der Waals surface area contributed by atoms with Crippen molar-refractivity contribution < 1.29 is 9.57 Å².